The summed E-state index contributed by atoms with van der Waals surface area (Å²) in [5.41, 5.74) is 5.76. The number of aromatic nitrogens is 5. The number of ether oxygens (including phenoxy) is 1. The van der Waals surface area contributed by atoms with Crippen molar-refractivity contribution >= 4 is 29.5 Å². The van der Waals surface area contributed by atoms with Crippen LogP contribution in [0.4, 0.5) is 5.82 Å². The topological polar surface area (TPSA) is 86.3 Å². The van der Waals surface area contributed by atoms with Gasteiger partial charge in [-0.3, -0.25) is 4.79 Å². The Bertz CT molecular complexity index is 1570. The minimum atomic E-state index is 0.339. The van der Waals surface area contributed by atoms with Crippen LogP contribution in [0.2, 0.25) is 0 Å². The number of imidazole rings is 1. The maximum Gasteiger partial charge on any atom is 0.168 e. The number of fused-ring (bicyclic) bond motifs is 1. The van der Waals surface area contributed by atoms with Gasteiger partial charge >= 0.3 is 0 Å². The highest BCUT2D eigenvalue weighted by Crippen LogP contribution is 2.35. The minimum Gasteiger partial charge on any atom is -0.496 e. The molecule has 0 radical (unpaired) electrons. The minimum absolute atomic E-state index is 0.339. The summed E-state index contributed by atoms with van der Waals surface area (Å²) >= 11 is 1.61. The van der Waals surface area contributed by atoms with Crippen LogP contribution in [-0.2, 0) is 13.6 Å². The molecule has 0 saturated heterocycles. The molecule has 1 N–H and O–H groups in total. The average molecular weight is 499 g/mol. The number of benzene rings is 2. The second kappa shape index (κ2) is 9.87. The molecule has 0 saturated carbocycles. The first-order valence-electron chi connectivity index (χ1n) is 11.4. The fourth-order valence-corrected chi connectivity index (χ4v) is 4.91. The number of carbonyl (C=O) groups excluding carboxylic acids is 1. The Morgan fingerprint density at radius 1 is 1.14 bits per heavy atom. The summed E-state index contributed by atoms with van der Waals surface area (Å²) in [6.07, 6.45) is 6.49. The normalized spacial score (nSPS) is 11.1. The monoisotopic (exact) mass is 498 g/mol. The molecule has 3 aromatic heterocycles. The van der Waals surface area contributed by atoms with E-state index in [1.54, 1.807) is 35.7 Å². The third-order valence-corrected chi connectivity index (χ3v) is 6.82. The fourth-order valence-electron chi connectivity index (χ4n) is 4.31. The van der Waals surface area contributed by atoms with Crippen molar-refractivity contribution in [2.45, 2.75) is 18.4 Å². The van der Waals surface area contributed by atoms with Gasteiger partial charge in [0.25, 0.3) is 0 Å². The molecular weight excluding hydrogens is 472 g/mol. The Hall–Kier alpha value is -4.11. The van der Waals surface area contributed by atoms with Crippen LogP contribution in [0, 0.1) is 6.92 Å². The van der Waals surface area contributed by atoms with Crippen LogP contribution in [0.25, 0.3) is 28.2 Å². The molecule has 5 aromatic rings. The molecule has 9 heteroatoms. The summed E-state index contributed by atoms with van der Waals surface area (Å²) in [6.45, 7) is 2.50. The zero-order valence-electron chi connectivity index (χ0n) is 20.5. The van der Waals surface area contributed by atoms with Gasteiger partial charge in [0.2, 0.25) is 0 Å². The Labute approximate surface area is 213 Å². The maximum absolute atomic E-state index is 11.8. The molecular formula is C27H26N6O2S. The highest BCUT2D eigenvalue weighted by Gasteiger charge is 2.18. The summed E-state index contributed by atoms with van der Waals surface area (Å²) in [7, 11) is 3.64. The Kier molecular flexibility index (Phi) is 6.47. The van der Waals surface area contributed by atoms with Gasteiger partial charge in [0.05, 0.1) is 12.8 Å². The second-order valence-corrected chi connectivity index (χ2v) is 9.21. The molecule has 0 aliphatic rings. The van der Waals surface area contributed by atoms with E-state index >= 15 is 0 Å². The maximum atomic E-state index is 11.8. The van der Waals surface area contributed by atoms with Gasteiger partial charge < -0.3 is 14.6 Å². The number of nitrogens with zero attached hydrogens (tertiary/aromatic N) is 5. The van der Waals surface area contributed by atoms with Gasteiger partial charge in [-0.2, -0.15) is 9.61 Å². The Balaban J connectivity index is 1.52. The van der Waals surface area contributed by atoms with Crippen molar-refractivity contribution in [3.05, 3.63) is 77.9 Å². The number of hydrogen-bond donors (Lipinski definition) is 1. The zero-order valence-corrected chi connectivity index (χ0v) is 21.3. The van der Waals surface area contributed by atoms with Crippen LogP contribution in [0.5, 0.6) is 5.75 Å². The first kappa shape index (κ1) is 23.6. The van der Waals surface area contributed by atoms with Crippen molar-refractivity contribution in [3.8, 4) is 28.3 Å². The van der Waals surface area contributed by atoms with Gasteiger partial charge in [0.1, 0.15) is 23.1 Å². The zero-order chi connectivity index (χ0) is 25.2. The average Bonchev–Trinajstić information content (AvgIpc) is 3.48. The molecule has 0 spiro atoms. The van der Waals surface area contributed by atoms with Crippen LogP contribution in [-0.4, -0.2) is 43.8 Å². The predicted molar refractivity (Wildman–Crippen MR) is 143 cm³/mol. The molecule has 36 heavy (non-hydrogen) atoms. The number of carbonyl (C=O) groups is 1. The van der Waals surface area contributed by atoms with Gasteiger partial charge in [-0.15, -0.1) is 11.8 Å². The van der Waals surface area contributed by atoms with Crippen molar-refractivity contribution in [1.82, 2.24) is 24.1 Å². The van der Waals surface area contributed by atoms with Crippen molar-refractivity contribution in [2.75, 3.05) is 18.7 Å². The lowest BCUT2D eigenvalue weighted by Crippen LogP contribution is -2.08. The lowest BCUT2D eigenvalue weighted by molar-refractivity contribution is 0.111. The summed E-state index contributed by atoms with van der Waals surface area (Å²) in [4.78, 5) is 21.8. The van der Waals surface area contributed by atoms with E-state index in [1.807, 2.05) is 55.3 Å². The van der Waals surface area contributed by atoms with Gasteiger partial charge in [-0.1, -0.05) is 24.3 Å². The van der Waals surface area contributed by atoms with E-state index < -0.39 is 0 Å². The van der Waals surface area contributed by atoms with Crippen LogP contribution >= 0.6 is 11.8 Å². The first-order chi connectivity index (χ1) is 17.5. The number of hydrogen-bond acceptors (Lipinski definition) is 7. The van der Waals surface area contributed by atoms with E-state index in [4.69, 9.17) is 9.84 Å². The summed E-state index contributed by atoms with van der Waals surface area (Å²) in [5.74, 6) is 2.41. The molecule has 3 heterocycles. The molecule has 182 valence electrons. The van der Waals surface area contributed by atoms with E-state index in [0.29, 0.717) is 23.7 Å². The van der Waals surface area contributed by atoms with Crippen molar-refractivity contribution in [1.29, 1.82) is 0 Å². The standard InChI is InChI=1S/C27H26N6O2S/c1-17-25(19-8-9-22(35-3)23(13-19)36-4)27-30-21(16-34)14-24(33(27)31-17)29-15-18-6-5-7-20(12-18)26-28-10-11-32(26)2/h5-14,16,29H,15H2,1-4H3. The van der Waals surface area contributed by atoms with E-state index in [0.717, 1.165) is 50.7 Å². The second-order valence-electron chi connectivity index (χ2n) is 8.37. The van der Waals surface area contributed by atoms with E-state index in [9.17, 15) is 4.79 Å². The number of thioether (sulfide) groups is 1. The highest BCUT2D eigenvalue weighted by molar-refractivity contribution is 7.98. The number of aryl methyl sites for hydroxylation is 2. The Morgan fingerprint density at radius 3 is 2.72 bits per heavy atom. The molecule has 0 bridgehead atoms. The molecule has 8 nitrogen and oxygen atoms in total. The lowest BCUT2D eigenvalue weighted by atomic mass is 10.1. The number of rotatable bonds is 8. The van der Waals surface area contributed by atoms with Crippen LogP contribution in [0.1, 0.15) is 21.7 Å². The summed E-state index contributed by atoms with van der Waals surface area (Å²) in [6, 6.07) is 16.0. The number of methoxy groups -OCH3 is 1. The van der Waals surface area contributed by atoms with E-state index in [-0.39, 0.29) is 0 Å². The van der Waals surface area contributed by atoms with Gasteiger partial charge in [-0.25, -0.2) is 9.97 Å². The third-order valence-electron chi connectivity index (χ3n) is 6.06. The van der Waals surface area contributed by atoms with Gasteiger partial charge in [-0.05, 0) is 42.5 Å². The first-order valence-corrected chi connectivity index (χ1v) is 12.6. The van der Waals surface area contributed by atoms with Crippen molar-refractivity contribution in [2.24, 2.45) is 7.05 Å². The van der Waals surface area contributed by atoms with Crippen LogP contribution in [0.3, 0.4) is 0 Å². The summed E-state index contributed by atoms with van der Waals surface area (Å²) < 4.78 is 9.23. The molecule has 2 aromatic carbocycles. The fraction of sp³-hybridized carbons (Fsp3) is 0.185. The Morgan fingerprint density at radius 2 is 2.00 bits per heavy atom. The molecule has 0 aliphatic carbocycles. The number of anilines is 1. The number of nitrogens with one attached hydrogen (secondary N) is 1. The lowest BCUT2D eigenvalue weighted by Gasteiger charge is -2.11. The predicted octanol–water partition coefficient (Wildman–Crippen LogP) is 5.26. The molecule has 0 atom stereocenters. The third kappa shape index (κ3) is 4.33. The molecule has 5 rings (SSSR count). The van der Waals surface area contributed by atoms with Crippen molar-refractivity contribution in [3.63, 3.8) is 0 Å². The van der Waals surface area contributed by atoms with Gasteiger partial charge in [0.15, 0.2) is 11.9 Å². The van der Waals surface area contributed by atoms with Gasteiger partial charge in [0, 0.05) is 48.1 Å². The van der Waals surface area contributed by atoms with Crippen LogP contribution in [0.15, 0.2) is 65.8 Å². The number of aldehydes is 1. The quantitative estimate of drug-likeness (QED) is 0.231. The molecule has 0 aliphatic heterocycles. The van der Waals surface area contributed by atoms with E-state index in [2.05, 4.69) is 33.5 Å². The summed E-state index contributed by atoms with van der Waals surface area (Å²) in [5, 5.41) is 8.22. The van der Waals surface area contributed by atoms with Crippen molar-refractivity contribution < 1.29 is 9.53 Å². The largest absolute Gasteiger partial charge is 0.496 e. The molecule has 0 fully saturated rings. The highest BCUT2D eigenvalue weighted by atomic mass is 32.2. The SMILES string of the molecule is COc1ccc(-c2c(C)nn3c(NCc4cccc(-c5nccn5C)c4)cc(C=O)nc23)cc1SC. The molecule has 0 amide bonds. The van der Waals surface area contributed by atoms with Crippen LogP contribution < -0.4 is 10.1 Å². The van der Waals surface area contributed by atoms with E-state index in [1.165, 1.54) is 0 Å². The smallest absolute Gasteiger partial charge is 0.168 e. The molecule has 0 unspecified atom stereocenters.